The molecule has 0 amide bonds. The van der Waals surface area contributed by atoms with Gasteiger partial charge in [-0.15, -0.1) is 0 Å². The summed E-state index contributed by atoms with van der Waals surface area (Å²) in [5, 5.41) is 0. The fraction of sp³-hybridized carbons (Fsp3) is 0.548. The minimum atomic E-state index is -0.911. The molecular formula is C42H53NO4. The highest BCUT2D eigenvalue weighted by Gasteiger charge is 2.54. The van der Waals surface area contributed by atoms with E-state index in [0.717, 1.165) is 48.9 Å². The molecule has 1 aromatic heterocycles. The predicted octanol–water partition coefficient (Wildman–Crippen LogP) is 9.72. The van der Waals surface area contributed by atoms with Gasteiger partial charge in [-0.05, 0) is 125 Å². The van der Waals surface area contributed by atoms with Crippen LogP contribution >= 0.6 is 0 Å². The summed E-state index contributed by atoms with van der Waals surface area (Å²) in [5.41, 5.74) is 0.838. The minimum absolute atomic E-state index is 0.0781. The van der Waals surface area contributed by atoms with Crippen molar-refractivity contribution in [3.05, 3.63) is 102 Å². The van der Waals surface area contributed by atoms with Crippen LogP contribution in [0.3, 0.4) is 0 Å². The van der Waals surface area contributed by atoms with Crippen molar-refractivity contribution in [2.24, 2.45) is 23.2 Å². The number of pyridine rings is 1. The highest BCUT2D eigenvalue weighted by molar-refractivity contribution is 5.77. The zero-order valence-corrected chi connectivity index (χ0v) is 28.9. The quantitative estimate of drug-likeness (QED) is 0.165. The van der Waals surface area contributed by atoms with Crippen LogP contribution in [0.1, 0.15) is 122 Å². The SMILES string of the molecule is CCC(C)(CCC(C)(CCCC(=O)OC(C)(c1ccccc1)c1ccccc1)C(=O)OC12CC3CC(CC(C3)C1)C2)c1ccccn1. The Morgan fingerprint density at radius 3 is 1.83 bits per heavy atom. The average molecular weight is 636 g/mol. The van der Waals surface area contributed by atoms with E-state index in [2.05, 4.69) is 26.8 Å². The lowest BCUT2D eigenvalue weighted by Crippen LogP contribution is -2.54. The summed E-state index contributed by atoms with van der Waals surface area (Å²) < 4.78 is 13.0. The fourth-order valence-corrected chi connectivity index (χ4v) is 9.26. The first-order valence-corrected chi connectivity index (χ1v) is 18.0. The van der Waals surface area contributed by atoms with E-state index in [-0.39, 0.29) is 29.4 Å². The summed E-state index contributed by atoms with van der Waals surface area (Å²) in [6, 6.07) is 25.9. The molecule has 0 radical (unpaired) electrons. The number of hydrogen-bond donors (Lipinski definition) is 0. The maximum Gasteiger partial charge on any atom is 0.312 e. The fourth-order valence-electron chi connectivity index (χ4n) is 9.26. The van der Waals surface area contributed by atoms with Crippen LogP contribution < -0.4 is 0 Å². The third-order valence-corrected chi connectivity index (χ3v) is 12.2. The van der Waals surface area contributed by atoms with Gasteiger partial charge in [0, 0.05) is 23.7 Å². The standard InChI is InChI=1S/C42H53NO4/c1-5-39(2,36-19-12-13-24-43-36)22-23-40(3,38(45)47-42-28-31-25-32(29-42)27-33(26-31)30-42)21-14-20-37(44)46-41(4,34-15-8-6-9-16-34)35-17-10-7-11-18-35/h6-13,15-19,24,31-33H,5,14,20-23,25-30H2,1-4H3. The van der Waals surface area contributed by atoms with E-state index in [1.54, 1.807) is 0 Å². The van der Waals surface area contributed by atoms with Crippen LogP contribution in [0.2, 0.25) is 0 Å². The molecule has 7 rings (SSSR count). The molecule has 5 heteroatoms. The molecule has 4 fully saturated rings. The number of hydrogen-bond acceptors (Lipinski definition) is 5. The summed E-state index contributed by atoms with van der Waals surface area (Å²) in [6.07, 6.45) is 12.6. The van der Waals surface area contributed by atoms with Crippen LogP contribution in [0.15, 0.2) is 85.1 Å². The Bertz CT molecular complexity index is 1430. The summed E-state index contributed by atoms with van der Waals surface area (Å²) in [5.74, 6) is 1.76. The van der Waals surface area contributed by atoms with Crippen molar-refractivity contribution >= 4 is 11.9 Å². The number of benzene rings is 2. The van der Waals surface area contributed by atoms with E-state index in [0.29, 0.717) is 37.0 Å². The van der Waals surface area contributed by atoms with E-state index in [1.807, 2.05) is 85.9 Å². The van der Waals surface area contributed by atoms with Crippen LogP contribution in [0.4, 0.5) is 0 Å². The van der Waals surface area contributed by atoms with E-state index >= 15 is 0 Å². The van der Waals surface area contributed by atoms with Gasteiger partial charge in [0.2, 0.25) is 0 Å². The van der Waals surface area contributed by atoms with Crippen molar-refractivity contribution in [2.75, 3.05) is 0 Å². The van der Waals surface area contributed by atoms with Crippen LogP contribution in [0.5, 0.6) is 0 Å². The largest absolute Gasteiger partial charge is 0.459 e. The smallest absolute Gasteiger partial charge is 0.312 e. The van der Waals surface area contributed by atoms with Gasteiger partial charge in [0.05, 0.1) is 5.41 Å². The normalized spacial score (nSPS) is 25.8. The Labute approximate surface area is 281 Å². The maximum absolute atomic E-state index is 14.4. The van der Waals surface area contributed by atoms with Crippen molar-refractivity contribution in [1.29, 1.82) is 0 Å². The van der Waals surface area contributed by atoms with E-state index < -0.39 is 11.0 Å². The van der Waals surface area contributed by atoms with Gasteiger partial charge in [0.15, 0.2) is 5.60 Å². The molecule has 4 bridgehead atoms. The highest BCUT2D eigenvalue weighted by Crippen LogP contribution is 2.57. The number of rotatable bonds is 14. The molecule has 2 atom stereocenters. The number of nitrogens with zero attached hydrogens (tertiary/aromatic N) is 1. The van der Waals surface area contributed by atoms with Crippen LogP contribution in [-0.2, 0) is 30.1 Å². The van der Waals surface area contributed by atoms with Crippen molar-refractivity contribution in [1.82, 2.24) is 4.98 Å². The highest BCUT2D eigenvalue weighted by atomic mass is 16.6. The second kappa shape index (κ2) is 13.6. The molecule has 0 aliphatic heterocycles. The lowest BCUT2D eigenvalue weighted by Gasteiger charge is -2.56. The van der Waals surface area contributed by atoms with E-state index in [9.17, 15) is 9.59 Å². The predicted molar refractivity (Wildman–Crippen MR) is 185 cm³/mol. The number of aromatic nitrogens is 1. The van der Waals surface area contributed by atoms with Gasteiger partial charge in [-0.25, -0.2) is 0 Å². The Morgan fingerprint density at radius 2 is 1.32 bits per heavy atom. The number of esters is 2. The molecule has 4 saturated carbocycles. The molecule has 0 N–H and O–H groups in total. The molecule has 1 heterocycles. The van der Waals surface area contributed by atoms with E-state index in [1.165, 1.54) is 19.3 Å². The third kappa shape index (κ3) is 7.20. The van der Waals surface area contributed by atoms with E-state index in [4.69, 9.17) is 14.5 Å². The Kier molecular flexibility index (Phi) is 9.65. The van der Waals surface area contributed by atoms with Gasteiger partial charge in [-0.3, -0.25) is 14.6 Å². The Morgan fingerprint density at radius 1 is 0.766 bits per heavy atom. The summed E-state index contributed by atoms with van der Waals surface area (Å²) in [7, 11) is 0. The lowest BCUT2D eigenvalue weighted by molar-refractivity contribution is -0.198. The second-order valence-corrected chi connectivity index (χ2v) is 15.8. The topological polar surface area (TPSA) is 65.5 Å². The molecule has 0 spiro atoms. The first-order chi connectivity index (χ1) is 22.5. The van der Waals surface area contributed by atoms with Gasteiger partial charge in [-0.2, -0.15) is 0 Å². The molecule has 5 nitrogen and oxygen atoms in total. The van der Waals surface area contributed by atoms with Gasteiger partial charge >= 0.3 is 11.9 Å². The summed E-state index contributed by atoms with van der Waals surface area (Å²) in [6.45, 7) is 8.50. The zero-order valence-electron chi connectivity index (χ0n) is 28.9. The molecule has 2 aromatic carbocycles. The molecule has 0 saturated heterocycles. The Hall–Kier alpha value is -3.47. The first-order valence-electron chi connectivity index (χ1n) is 18.0. The molecule has 2 unspecified atom stereocenters. The summed E-state index contributed by atoms with van der Waals surface area (Å²) >= 11 is 0. The van der Waals surface area contributed by atoms with Gasteiger partial charge in [0.25, 0.3) is 0 Å². The first kappa shape index (κ1) is 33.4. The molecule has 3 aromatic rings. The molecule has 4 aliphatic carbocycles. The molecule has 4 aliphatic rings. The van der Waals surface area contributed by atoms with Crippen molar-refractivity contribution in [2.45, 2.75) is 121 Å². The molecule has 250 valence electrons. The van der Waals surface area contributed by atoms with Crippen molar-refractivity contribution in [3.8, 4) is 0 Å². The van der Waals surface area contributed by atoms with Gasteiger partial charge in [-0.1, -0.05) is 80.6 Å². The maximum atomic E-state index is 14.4. The minimum Gasteiger partial charge on any atom is -0.459 e. The average Bonchev–Trinajstić information content (AvgIpc) is 3.07. The van der Waals surface area contributed by atoms with Crippen LogP contribution in [-0.4, -0.2) is 22.5 Å². The van der Waals surface area contributed by atoms with Crippen molar-refractivity contribution < 1.29 is 19.1 Å². The summed E-state index contributed by atoms with van der Waals surface area (Å²) in [4.78, 5) is 32.7. The van der Waals surface area contributed by atoms with Crippen LogP contribution in [0, 0.1) is 23.2 Å². The lowest BCUT2D eigenvalue weighted by atomic mass is 9.54. The Balaban J connectivity index is 1.17. The number of carbonyl (C=O) groups excluding carboxylic acids is 2. The zero-order chi connectivity index (χ0) is 33.1. The second-order valence-electron chi connectivity index (χ2n) is 15.8. The van der Waals surface area contributed by atoms with Crippen molar-refractivity contribution in [3.63, 3.8) is 0 Å². The molecular weight excluding hydrogens is 582 g/mol. The molecule has 47 heavy (non-hydrogen) atoms. The third-order valence-electron chi connectivity index (χ3n) is 12.2. The van der Waals surface area contributed by atoms with Gasteiger partial charge in [0.1, 0.15) is 5.60 Å². The number of carbonyl (C=O) groups is 2. The number of ether oxygens (including phenoxy) is 2. The van der Waals surface area contributed by atoms with Crippen LogP contribution in [0.25, 0.3) is 0 Å². The van der Waals surface area contributed by atoms with Gasteiger partial charge < -0.3 is 9.47 Å². The monoisotopic (exact) mass is 635 g/mol.